The maximum Gasteiger partial charge on any atom is 0.153 e. The second kappa shape index (κ2) is 3.56. The molecular weight excluding hydrogens is 194 g/mol. The molecule has 1 unspecified atom stereocenters. The van der Waals surface area contributed by atoms with Crippen molar-refractivity contribution in [2.45, 2.75) is 12.1 Å². The summed E-state index contributed by atoms with van der Waals surface area (Å²) in [5.41, 5.74) is 14.2. The second-order valence-corrected chi connectivity index (χ2v) is 3.62. The Hall–Kier alpha value is -1.53. The molecule has 0 aromatic carbocycles. The predicted octanol–water partition coefficient (Wildman–Crippen LogP) is -0.273. The molecule has 6 heteroatoms. The maximum absolute atomic E-state index is 6.10. The van der Waals surface area contributed by atoms with Gasteiger partial charge in [0.15, 0.2) is 5.82 Å². The number of nitrogens with one attached hydrogen (secondary N) is 1. The van der Waals surface area contributed by atoms with E-state index in [0.29, 0.717) is 18.8 Å². The summed E-state index contributed by atoms with van der Waals surface area (Å²) in [5.74, 6) is 1.23. The van der Waals surface area contributed by atoms with Gasteiger partial charge < -0.3 is 21.6 Å². The third kappa shape index (κ3) is 1.95. The SMILES string of the molecule is COCCC1(N)C=Cc2nc(N)cn2N1. The Morgan fingerprint density at radius 1 is 1.67 bits per heavy atom. The first kappa shape index (κ1) is 10.0. The van der Waals surface area contributed by atoms with Gasteiger partial charge in [-0.2, -0.15) is 0 Å². The molecule has 1 aliphatic heterocycles. The van der Waals surface area contributed by atoms with E-state index in [1.165, 1.54) is 0 Å². The molecule has 0 bridgehead atoms. The van der Waals surface area contributed by atoms with Crippen molar-refractivity contribution in [1.82, 2.24) is 9.66 Å². The average molecular weight is 209 g/mol. The number of methoxy groups -OCH3 is 1. The number of aromatic nitrogens is 2. The fraction of sp³-hybridized carbons (Fsp3) is 0.444. The monoisotopic (exact) mass is 209 g/mol. The number of rotatable bonds is 3. The molecule has 5 N–H and O–H groups in total. The number of hydrogen-bond donors (Lipinski definition) is 3. The summed E-state index contributed by atoms with van der Waals surface area (Å²) < 4.78 is 6.73. The van der Waals surface area contributed by atoms with Crippen LogP contribution in [0.1, 0.15) is 12.2 Å². The molecule has 1 aromatic heterocycles. The molecule has 1 aliphatic rings. The quantitative estimate of drug-likeness (QED) is 0.637. The zero-order valence-electron chi connectivity index (χ0n) is 8.60. The van der Waals surface area contributed by atoms with E-state index in [-0.39, 0.29) is 0 Å². The van der Waals surface area contributed by atoms with Crippen LogP contribution < -0.4 is 16.9 Å². The van der Waals surface area contributed by atoms with Crippen molar-refractivity contribution in [3.8, 4) is 0 Å². The van der Waals surface area contributed by atoms with Crippen LogP contribution in [0, 0.1) is 0 Å². The molecule has 0 radical (unpaired) electrons. The molecule has 0 fully saturated rings. The lowest BCUT2D eigenvalue weighted by Gasteiger charge is -2.31. The Bertz CT molecular complexity index is 386. The highest BCUT2D eigenvalue weighted by Crippen LogP contribution is 2.17. The maximum atomic E-state index is 6.10. The summed E-state index contributed by atoms with van der Waals surface area (Å²) in [4.78, 5) is 4.10. The van der Waals surface area contributed by atoms with Gasteiger partial charge >= 0.3 is 0 Å². The minimum atomic E-state index is -0.601. The highest BCUT2D eigenvalue weighted by Gasteiger charge is 2.25. The summed E-state index contributed by atoms with van der Waals surface area (Å²) in [6.07, 6.45) is 6.10. The molecule has 1 aromatic rings. The lowest BCUT2D eigenvalue weighted by molar-refractivity contribution is 0.179. The van der Waals surface area contributed by atoms with Gasteiger partial charge in [0.05, 0.1) is 12.8 Å². The number of hydrogen-bond acceptors (Lipinski definition) is 5. The molecule has 2 rings (SSSR count). The number of nitrogen functional groups attached to an aromatic ring is 1. The van der Waals surface area contributed by atoms with Crippen molar-refractivity contribution in [2.75, 3.05) is 24.9 Å². The Morgan fingerprint density at radius 2 is 2.47 bits per heavy atom. The smallest absolute Gasteiger partial charge is 0.153 e. The molecule has 0 aliphatic carbocycles. The number of ether oxygens (including phenoxy) is 1. The lowest BCUT2D eigenvalue weighted by Crippen LogP contribution is -2.52. The molecule has 15 heavy (non-hydrogen) atoms. The van der Waals surface area contributed by atoms with E-state index in [9.17, 15) is 0 Å². The minimum Gasteiger partial charge on any atom is -0.385 e. The largest absolute Gasteiger partial charge is 0.385 e. The van der Waals surface area contributed by atoms with Gasteiger partial charge in [-0.1, -0.05) is 0 Å². The van der Waals surface area contributed by atoms with Crippen molar-refractivity contribution >= 4 is 11.9 Å². The van der Waals surface area contributed by atoms with Crippen LogP contribution in [-0.2, 0) is 4.74 Å². The van der Waals surface area contributed by atoms with E-state index in [2.05, 4.69) is 10.4 Å². The first-order valence-electron chi connectivity index (χ1n) is 4.73. The van der Waals surface area contributed by atoms with Gasteiger partial charge in [0.2, 0.25) is 0 Å². The average Bonchev–Trinajstić information content (AvgIpc) is 2.54. The predicted molar refractivity (Wildman–Crippen MR) is 58.4 cm³/mol. The van der Waals surface area contributed by atoms with Gasteiger partial charge in [-0.15, -0.1) is 0 Å². The van der Waals surface area contributed by atoms with E-state index in [4.69, 9.17) is 16.2 Å². The van der Waals surface area contributed by atoms with Crippen LogP contribution in [0.2, 0.25) is 0 Å². The van der Waals surface area contributed by atoms with Gasteiger partial charge in [0.25, 0.3) is 0 Å². The standard InChI is InChI=1S/C9H15N5O/c1-15-5-4-9(11)3-2-8-12-7(10)6-14(8)13-9/h2-3,6,13H,4-5,10-11H2,1H3. The van der Waals surface area contributed by atoms with Crippen LogP contribution in [0.5, 0.6) is 0 Å². The summed E-state index contributed by atoms with van der Waals surface area (Å²) in [6, 6.07) is 0. The van der Waals surface area contributed by atoms with Gasteiger partial charge in [-0.3, -0.25) is 0 Å². The van der Waals surface area contributed by atoms with Crippen LogP contribution in [-0.4, -0.2) is 29.0 Å². The Morgan fingerprint density at radius 3 is 3.20 bits per heavy atom. The number of nitrogens with zero attached hydrogens (tertiary/aromatic N) is 2. The van der Waals surface area contributed by atoms with E-state index in [0.717, 1.165) is 5.82 Å². The molecule has 0 saturated carbocycles. The van der Waals surface area contributed by atoms with Crippen LogP contribution in [0.4, 0.5) is 5.82 Å². The number of nitrogens with two attached hydrogens (primary N) is 2. The molecule has 6 nitrogen and oxygen atoms in total. The fourth-order valence-electron chi connectivity index (χ4n) is 1.52. The summed E-state index contributed by atoms with van der Waals surface area (Å²) >= 11 is 0. The molecule has 0 spiro atoms. The second-order valence-electron chi connectivity index (χ2n) is 3.62. The van der Waals surface area contributed by atoms with Crippen LogP contribution in [0.3, 0.4) is 0 Å². The molecule has 0 amide bonds. The van der Waals surface area contributed by atoms with Crippen molar-refractivity contribution in [2.24, 2.45) is 5.73 Å². The lowest BCUT2D eigenvalue weighted by atomic mass is 10.1. The number of imidazole rings is 1. The summed E-state index contributed by atoms with van der Waals surface area (Å²) in [7, 11) is 1.65. The normalized spacial score (nSPS) is 23.6. The molecular formula is C9H15N5O. The highest BCUT2D eigenvalue weighted by molar-refractivity contribution is 5.51. The molecule has 1 atom stereocenters. The highest BCUT2D eigenvalue weighted by atomic mass is 16.5. The van der Waals surface area contributed by atoms with E-state index in [1.807, 2.05) is 12.2 Å². The Kier molecular flexibility index (Phi) is 2.37. The van der Waals surface area contributed by atoms with Crippen molar-refractivity contribution in [3.63, 3.8) is 0 Å². The summed E-state index contributed by atoms with van der Waals surface area (Å²) in [6.45, 7) is 0.591. The first-order chi connectivity index (χ1) is 7.13. The topological polar surface area (TPSA) is 91.1 Å². The number of anilines is 1. The number of fused-ring (bicyclic) bond motifs is 1. The third-order valence-electron chi connectivity index (χ3n) is 2.33. The zero-order valence-corrected chi connectivity index (χ0v) is 8.60. The van der Waals surface area contributed by atoms with Crippen molar-refractivity contribution in [1.29, 1.82) is 0 Å². The van der Waals surface area contributed by atoms with Gasteiger partial charge in [0, 0.05) is 13.5 Å². The van der Waals surface area contributed by atoms with E-state index < -0.39 is 5.66 Å². The molecule has 2 heterocycles. The van der Waals surface area contributed by atoms with Crippen LogP contribution in [0.25, 0.3) is 6.08 Å². The van der Waals surface area contributed by atoms with Crippen LogP contribution >= 0.6 is 0 Å². The van der Waals surface area contributed by atoms with E-state index in [1.54, 1.807) is 18.0 Å². The molecule has 0 saturated heterocycles. The fourth-order valence-corrected chi connectivity index (χ4v) is 1.52. The van der Waals surface area contributed by atoms with Crippen molar-refractivity contribution in [3.05, 3.63) is 18.1 Å². The zero-order chi connectivity index (χ0) is 10.9. The Balaban J connectivity index is 2.16. The summed E-state index contributed by atoms with van der Waals surface area (Å²) in [5, 5.41) is 0. The van der Waals surface area contributed by atoms with Gasteiger partial charge in [-0.25, -0.2) is 9.66 Å². The Labute approximate surface area is 87.9 Å². The van der Waals surface area contributed by atoms with Gasteiger partial charge in [0.1, 0.15) is 11.5 Å². The van der Waals surface area contributed by atoms with Gasteiger partial charge in [-0.05, 0) is 12.2 Å². The molecule has 82 valence electrons. The van der Waals surface area contributed by atoms with E-state index >= 15 is 0 Å². The third-order valence-corrected chi connectivity index (χ3v) is 2.33. The minimum absolute atomic E-state index is 0.471. The first-order valence-corrected chi connectivity index (χ1v) is 4.73. The van der Waals surface area contributed by atoms with Crippen molar-refractivity contribution < 1.29 is 4.74 Å². The van der Waals surface area contributed by atoms with Crippen LogP contribution in [0.15, 0.2) is 12.3 Å².